The van der Waals surface area contributed by atoms with Crippen molar-refractivity contribution in [3.05, 3.63) is 78.1 Å². The lowest BCUT2D eigenvalue weighted by Gasteiger charge is -2.34. The highest BCUT2D eigenvalue weighted by atomic mass is 16.5. The average molecular weight is 562 g/mol. The fourth-order valence-corrected chi connectivity index (χ4v) is 4.86. The molecule has 4 rings (SSSR count). The van der Waals surface area contributed by atoms with E-state index >= 15 is 0 Å². The highest BCUT2D eigenvalue weighted by molar-refractivity contribution is 6.00. The van der Waals surface area contributed by atoms with Crippen LogP contribution in [-0.4, -0.2) is 77.8 Å². The van der Waals surface area contributed by atoms with Gasteiger partial charge in [0.05, 0.1) is 26.2 Å². The van der Waals surface area contributed by atoms with Crippen molar-refractivity contribution in [3.63, 3.8) is 0 Å². The van der Waals surface area contributed by atoms with Gasteiger partial charge in [-0.05, 0) is 74.1 Å². The van der Waals surface area contributed by atoms with Gasteiger partial charge in [0.25, 0.3) is 0 Å². The van der Waals surface area contributed by atoms with E-state index in [9.17, 15) is 14.7 Å². The number of carbonyl (C=O) groups excluding carboxylic acids is 2. The Labute approximate surface area is 241 Å². The Bertz CT molecular complexity index is 1300. The molecule has 218 valence electrons. The van der Waals surface area contributed by atoms with Crippen LogP contribution in [0, 0.1) is 5.92 Å². The Hall–Kier alpha value is -4.15. The molecule has 0 aliphatic carbocycles. The first-order valence-corrected chi connectivity index (χ1v) is 13.7. The topological polar surface area (TPSA) is 116 Å². The van der Waals surface area contributed by atoms with Crippen LogP contribution in [0.2, 0.25) is 0 Å². The molecule has 0 radical (unpaired) electrons. The summed E-state index contributed by atoms with van der Waals surface area (Å²) in [6.07, 6.45) is 3.42. The van der Waals surface area contributed by atoms with E-state index in [0.29, 0.717) is 41.5 Å². The van der Waals surface area contributed by atoms with Gasteiger partial charge in [-0.3, -0.25) is 14.7 Å². The summed E-state index contributed by atoms with van der Waals surface area (Å²) in [6.45, 7) is 5.59. The number of nitrogens with one attached hydrogen (secondary N) is 2. The quantitative estimate of drug-likeness (QED) is 0.361. The van der Waals surface area contributed by atoms with Gasteiger partial charge < -0.3 is 30.1 Å². The van der Waals surface area contributed by atoms with Crippen LogP contribution in [-0.2, 0) is 17.8 Å². The highest BCUT2D eigenvalue weighted by Crippen LogP contribution is 2.29. The van der Waals surface area contributed by atoms with Crippen LogP contribution in [0.5, 0.6) is 11.5 Å². The minimum Gasteiger partial charge on any atom is -0.497 e. The number of methoxy groups -OCH3 is 1. The van der Waals surface area contributed by atoms with E-state index in [4.69, 9.17) is 9.47 Å². The largest absolute Gasteiger partial charge is 0.497 e. The predicted octanol–water partition coefficient (Wildman–Crippen LogP) is 4.02. The van der Waals surface area contributed by atoms with Gasteiger partial charge in [-0.2, -0.15) is 0 Å². The summed E-state index contributed by atoms with van der Waals surface area (Å²) >= 11 is 0. The maximum atomic E-state index is 13.5. The van der Waals surface area contributed by atoms with Crippen LogP contribution in [0.15, 0.2) is 67.0 Å². The molecule has 0 saturated heterocycles. The zero-order valence-electron chi connectivity index (χ0n) is 24.0. The number of nitrogens with zero attached hydrogens (tertiary/aromatic N) is 3. The number of likely N-dealkylation sites (N-methyl/N-ethyl adjacent to an activating group) is 1. The lowest BCUT2D eigenvalue weighted by molar-refractivity contribution is -0.134. The van der Waals surface area contributed by atoms with Gasteiger partial charge in [0.2, 0.25) is 5.91 Å². The third kappa shape index (κ3) is 8.18. The number of urea groups is 1. The summed E-state index contributed by atoms with van der Waals surface area (Å²) in [7, 11) is 3.62. The number of amides is 3. The fraction of sp³-hybridized carbons (Fsp3) is 0.387. The molecule has 2 aromatic carbocycles. The van der Waals surface area contributed by atoms with E-state index in [0.717, 1.165) is 12.1 Å². The second-order valence-corrected chi connectivity index (χ2v) is 10.6. The molecule has 10 nitrogen and oxygen atoms in total. The Morgan fingerprint density at radius 2 is 1.83 bits per heavy atom. The first kappa shape index (κ1) is 29.8. The predicted molar refractivity (Wildman–Crippen MR) is 158 cm³/mol. The Morgan fingerprint density at radius 1 is 1.15 bits per heavy atom. The minimum atomic E-state index is -0.412. The monoisotopic (exact) mass is 561 g/mol. The van der Waals surface area contributed by atoms with Crippen LogP contribution >= 0.6 is 0 Å². The molecule has 1 aromatic heterocycles. The van der Waals surface area contributed by atoms with Crippen molar-refractivity contribution >= 4 is 23.3 Å². The molecule has 41 heavy (non-hydrogen) atoms. The standard InChI is InChI=1S/C31H39N5O5/c1-21-17-36(22(2)20-37)30(38)16-24-15-26(34-31(39)33-25-5-8-27(40-4)9-6-25)7-10-28(24)41-29(21)19-35(3)18-23-11-13-32-14-12-23/h5-15,21-22,29,37H,16-20H2,1-4H3,(H2,33,34,39)/t21-,22-,29-/m1/s1. The summed E-state index contributed by atoms with van der Waals surface area (Å²) in [5.41, 5.74) is 2.97. The summed E-state index contributed by atoms with van der Waals surface area (Å²) in [5.74, 6) is 1.19. The van der Waals surface area contributed by atoms with Crippen molar-refractivity contribution < 1.29 is 24.2 Å². The molecule has 10 heteroatoms. The maximum Gasteiger partial charge on any atom is 0.323 e. The molecular formula is C31H39N5O5. The number of aliphatic hydroxyl groups excluding tert-OH is 1. The van der Waals surface area contributed by atoms with Gasteiger partial charge in [-0.25, -0.2) is 4.79 Å². The minimum absolute atomic E-state index is 0.00753. The maximum absolute atomic E-state index is 13.5. The first-order chi connectivity index (χ1) is 19.7. The smallest absolute Gasteiger partial charge is 0.323 e. The molecule has 3 atom stereocenters. The van der Waals surface area contributed by atoms with Gasteiger partial charge in [0.1, 0.15) is 17.6 Å². The van der Waals surface area contributed by atoms with E-state index in [1.54, 1.807) is 66.9 Å². The van der Waals surface area contributed by atoms with Crippen LogP contribution in [0.3, 0.4) is 0 Å². The van der Waals surface area contributed by atoms with E-state index in [2.05, 4.69) is 27.4 Å². The molecule has 2 heterocycles. The van der Waals surface area contributed by atoms with E-state index < -0.39 is 6.03 Å². The zero-order valence-corrected chi connectivity index (χ0v) is 24.0. The molecule has 0 fully saturated rings. The molecule has 0 saturated carbocycles. The van der Waals surface area contributed by atoms with Crippen molar-refractivity contribution in [2.24, 2.45) is 5.92 Å². The Balaban J connectivity index is 1.54. The number of ether oxygens (including phenoxy) is 2. The van der Waals surface area contributed by atoms with E-state index in [1.807, 2.05) is 26.1 Å². The molecule has 3 amide bonds. The first-order valence-electron chi connectivity index (χ1n) is 13.7. The number of pyridine rings is 1. The molecule has 3 aromatic rings. The number of hydrogen-bond donors (Lipinski definition) is 3. The van der Waals surface area contributed by atoms with Crippen molar-refractivity contribution in [1.82, 2.24) is 14.8 Å². The number of hydrogen-bond acceptors (Lipinski definition) is 7. The van der Waals surface area contributed by atoms with Crippen molar-refractivity contribution in [3.8, 4) is 11.5 Å². The summed E-state index contributed by atoms with van der Waals surface area (Å²) < 4.78 is 11.8. The number of anilines is 2. The lowest BCUT2D eigenvalue weighted by atomic mass is 10.0. The zero-order chi connectivity index (χ0) is 29.4. The normalized spacial score (nSPS) is 17.9. The second kappa shape index (κ2) is 14.0. The number of rotatable bonds is 9. The van der Waals surface area contributed by atoms with Gasteiger partial charge >= 0.3 is 6.03 Å². The second-order valence-electron chi connectivity index (χ2n) is 10.6. The van der Waals surface area contributed by atoms with Crippen LogP contribution in [0.4, 0.5) is 16.2 Å². The number of aliphatic hydroxyl groups is 1. The summed E-state index contributed by atoms with van der Waals surface area (Å²) in [4.78, 5) is 34.2. The van der Waals surface area contributed by atoms with Crippen LogP contribution in [0.1, 0.15) is 25.0 Å². The van der Waals surface area contributed by atoms with Gasteiger partial charge in [-0.1, -0.05) is 6.92 Å². The van der Waals surface area contributed by atoms with Gasteiger partial charge in [0.15, 0.2) is 0 Å². The molecule has 0 bridgehead atoms. The number of aromatic nitrogens is 1. The third-order valence-electron chi connectivity index (χ3n) is 7.22. The summed E-state index contributed by atoms with van der Waals surface area (Å²) in [5, 5.41) is 15.5. The summed E-state index contributed by atoms with van der Waals surface area (Å²) in [6, 6.07) is 15.6. The van der Waals surface area contributed by atoms with E-state index in [-0.39, 0.29) is 37.0 Å². The van der Waals surface area contributed by atoms with Crippen LogP contribution in [0.25, 0.3) is 0 Å². The van der Waals surface area contributed by atoms with Gasteiger partial charge in [0, 0.05) is 54.9 Å². The van der Waals surface area contributed by atoms with Crippen molar-refractivity contribution in [1.29, 1.82) is 0 Å². The van der Waals surface area contributed by atoms with Crippen LogP contribution < -0.4 is 20.1 Å². The SMILES string of the molecule is COc1ccc(NC(=O)Nc2ccc3c(c2)CC(=O)N([C@H](C)CO)C[C@@H](C)[C@@H](CN(C)Cc2ccncc2)O3)cc1. The number of benzene rings is 2. The molecular weight excluding hydrogens is 522 g/mol. The number of carbonyl (C=O) groups is 2. The van der Waals surface area contributed by atoms with Crippen molar-refractivity contribution in [2.45, 2.75) is 39.0 Å². The molecule has 1 aliphatic rings. The Kier molecular flexibility index (Phi) is 10.2. The third-order valence-corrected chi connectivity index (χ3v) is 7.22. The fourth-order valence-electron chi connectivity index (χ4n) is 4.86. The van der Waals surface area contributed by atoms with Crippen molar-refractivity contribution in [2.75, 3.05) is 44.5 Å². The lowest BCUT2D eigenvalue weighted by Crippen LogP contribution is -2.47. The molecule has 1 aliphatic heterocycles. The molecule has 0 spiro atoms. The molecule has 3 N–H and O–H groups in total. The average Bonchev–Trinajstić information content (AvgIpc) is 3.01. The Morgan fingerprint density at radius 3 is 2.51 bits per heavy atom. The number of fused-ring (bicyclic) bond motifs is 1. The van der Waals surface area contributed by atoms with Gasteiger partial charge in [-0.15, -0.1) is 0 Å². The molecule has 0 unspecified atom stereocenters. The highest BCUT2D eigenvalue weighted by Gasteiger charge is 2.31. The van der Waals surface area contributed by atoms with E-state index in [1.165, 1.54) is 0 Å².